The number of carbonyl (C=O) groups excluding carboxylic acids is 2. The first-order valence-corrected chi connectivity index (χ1v) is 11.8. The maximum Gasteiger partial charge on any atom is 0.255 e. The number of halogens is 1. The van der Waals surface area contributed by atoms with Crippen molar-refractivity contribution >= 4 is 66.6 Å². The number of thiazole rings is 1. The quantitative estimate of drug-likeness (QED) is 0.241. The van der Waals surface area contributed by atoms with Gasteiger partial charge in [0.2, 0.25) is 0 Å². The van der Waals surface area contributed by atoms with Crippen molar-refractivity contribution in [1.82, 2.24) is 4.98 Å². The van der Waals surface area contributed by atoms with E-state index in [4.69, 9.17) is 0 Å². The highest BCUT2D eigenvalue weighted by Crippen LogP contribution is 2.32. The molecule has 0 spiro atoms. The van der Waals surface area contributed by atoms with Crippen molar-refractivity contribution in [3.05, 3.63) is 87.9 Å². The summed E-state index contributed by atoms with van der Waals surface area (Å²) in [5.74, 6) is 0.254. The van der Waals surface area contributed by atoms with E-state index >= 15 is 0 Å². The zero-order valence-corrected chi connectivity index (χ0v) is 19.2. The molecular formula is C23H17BrN2O2S2. The third-order valence-corrected chi connectivity index (χ3v) is 7.12. The molecule has 0 aliphatic carbocycles. The molecule has 7 heteroatoms. The van der Waals surface area contributed by atoms with Crippen LogP contribution in [0.1, 0.15) is 26.3 Å². The lowest BCUT2D eigenvalue weighted by molar-refractivity contribution is 0.101. The van der Waals surface area contributed by atoms with Gasteiger partial charge in [-0.1, -0.05) is 57.5 Å². The normalized spacial score (nSPS) is 10.9. The standard InChI is InChI=1S/C23H17BrN2O2S2/c1-14-2-4-16(5-3-14)22(28)25-18-10-11-19-21(12-18)30-23(26-19)29-13-20(27)15-6-8-17(24)9-7-15/h2-12H,13H2,1H3,(H,25,28). The number of rotatable bonds is 6. The Hall–Kier alpha value is -2.48. The second-order valence-electron chi connectivity index (χ2n) is 6.70. The van der Waals surface area contributed by atoms with Gasteiger partial charge in [-0.2, -0.15) is 0 Å². The summed E-state index contributed by atoms with van der Waals surface area (Å²) in [6, 6.07) is 20.5. The fourth-order valence-electron chi connectivity index (χ4n) is 2.80. The monoisotopic (exact) mass is 496 g/mol. The summed E-state index contributed by atoms with van der Waals surface area (Å²) in [7, 11) is 0. The molecule has 1 amide bonds. The number of nitrogens with one attached hydrogen (secondary N) is 1. The first-order chi connectivity index (χ1) is 14.5. The largest absolute Gasteiger partial charge is 0.322 e. The lowest BCUT2D eigenvalue weighted by atomic mass is 10.1. The molecule has 150 valence electrons. The van der Waals surface area contributed by atoms with Crippen molar-refractivity contribution in [2.24, 2.45) is 0 Å². The predicted octanol–water partition coefficient (Wildman–Crippen LogP) is 6.59. The molecule has 0 unspecified atom stereocenters. The van der Waals surface area contributed by atoms with E-state index in [0.717, 1.165) is 30.3 Å². The minimum absolute atomic E-state index is 0.0674. The molecule has 4 nitrogen and oxygen atoms in total. The Kier molecular flexibility index (Phi) is 6.32. The van der Waals surface area contributed by atoms with E-state index in [1.807, 2.05) is 73.7 Å². The van der Waals surface area contributed by atoms with Gasteiger partial charge in [0.15, 0.2) is 10.1 Å². The molecule has 4 rings (SSSR count). The summed E-state index contributed by atoms with van der Waals surface area (Å²) in [6.07, 6.45) is 0. The molecule has 3 aromatic carbocycles. The number of hydrogen-bond acceptors (Lipinski definition) is 5. The molecule has 0 fully saturated rings. The van der Waals surface area contributed by atoms with Gasteiger partial charge in [0.05, 0.1) is 16.0 Å². The first-order valence-electron chi connectivity index (χ1n) is 9.18. The van der Waals surface area contributed by atoms with Crippen LogP contribution in [0.4, 0.5) is 5.69 Å². The molecule has 30 heavy (non-hydrogen) atoms. The van der Waals surface area contributed by atoms with Gasteiger partial charge in [0, 0.05) is 21.3 Å². The van der Waals surface area contributed by atoms with Crippen molar-refractivity contribution in [1.29, 1.82) is 0 Å². The number of benzene rings is 3. The third-order valence-electron chi connectivity index (χ3n) is 4.43. The van der Waals surface area contributed by atoms with Gasteiger partial charge in [-0.05, 0) is 49.4 Å². The average molecular weight is 497 g/mol. The van der Waals surface area contributed by atoms with Gasteiger partial charge >= 0.3 is 0 Å². The first kappa shape index (κ1) is 20.8. The van der Waals surface area contributed by atoms with Crippen molar-refractivity contribution < 1.29 is 9.59 Å². The van der Waals surface area contributed by atoms with Gasteiger partial charge in [0.25, 0.3) is 5.91 Å². The Balaban J connectivity index is 1.43. The fourth-order valence-corrected chi connectivity index (χ4v) is 5.06. The predicted molar refractivity (Wildman–Crippen MR) is 128 cm³/mol. The molecule has 0 saturated carbocycles. The maximum atomic E-state index is 12.4. The number of aryl methyl sites for hydroxylation is 1. The van der Waals surface area contributed by atoms with E-state index < -0.39 is 0 Å². The van der Waals surface area contributed by atoms with E-state index in [0.29, 0.717) is 16.9 Å². The third kappa shape index (κ3) is 4.98. The Bertz CT molecular complexity index is 1220. The summed E-state index contributed by atoms with van der Waals surface area (Å²) in [5.41, 5.74) is 3.99. The minimum Gasteiger partial charge on any atom is -0.322 e. The smallest absolute Gasteiger partial charge is 0.255 e. The molecule has 4 aromatic rings. The Morgan fingerprint density at radius 1 is 1.00 bits per heavy atom. The summed E-state index contributed by atoms with van der Waals surface area (Å²) in [4.78, 5) is 29.4. The topological polar surface area (TPSA) is 59.1 Å². The Labute approximate surface area is 190 Å². The number of thioether (sulfide) groups is 1. The highest BCUT2D eigenvalue weighted by atomic mass is 79.9. The van der Waals surface area contributed by atoms with Crippen LogP contribution in [0.15, 0.2) is 75.5 Å². The summed E-state index contributed by atoms with van der Waals surface area (Å²) in [6.45, 7) is 1.99. The average Bonchev–Trinajstić information content (AvgIpc) is 3.15. The van der Waals surface area contributed by atoms with Crippen molar-refractivity contribution in [2.75, 3.05) is 11.1 Å². The van der Waals surface area contributed by atoms with Crippen LogP contribution in [0.5, 0.6) is 0 Å². The number of carbonyl (C=O) groups is 2. The van der Waals surface area contributed by atoms with Gasteiger partial charge in [-0.3, -0.25) is 9.59 Å². The molecule has 1 N–H and O–H groups in total. The molecule has 0 aliphatic rings. The Morgan fingerprint density at radius 3 is 2.43 bits per heavy atom. The molecule has 0 aliphatic heterocycles. The molecule has 1 heterocycles. The fraction of sp³-hybridized carbons (Fsp3) is 0.0870. The molecule has 0 saturated heterocycles. The lowest BCUT2D eigenvalue weighted by Crippen LogP contribution is -2.11. The van der Waals surface area contributed by atoms with Crippen LogP contribution in [0.25, 0.3) is 10.2 Å². The SMILES string of the molecule is Cc1ccc(C(=O)Nc2ccc3nc(SCC(=O)c4ccc(Br)cc4)sc3c2)cc1. The van der Waals surface area contributed by atoms with Crippen LogP contribution in [-0.2, 0) is 0 Å². The van der Waals surface area contributed by atoms with Crippen LogP contribution in [0.2, 0.25) is 0 Å². The maximum absolute atomic E-state index is 12.4. The number of Topliss-reactive ketones (excluding diaryl/α,β-unsaturated/α-hetero) is 1. The van der Waals surface area contributed by atoms with Crippen LogP contribution >= 0.6 is 39.0 Å². The second-order valence-corrected chi connectivity index (χ2v) is 9.87. The van der Waals surface area contributed by atoms with Gasteiger partial charge in [0.1, 0.15) is 0 Å². The zero-order valence-electron chi connectivity index (χ0n) is 16.0. The molecule has 0 radical (unpaired) electrons. The summed E-state index contributed by atoms with van der Waals surface area (Å²) < 4.78 is 2.75. The van der Waals surface area contributed by atoms with Crippen LogP contribution in [0, 0.1) is 6.92 Å². The van der Waals surface area contributed by atoms with Crippen molar-refractivity contribution in [2.45, 2.75) is 11.3 Å². The second kappa shape index (κ2) is 9.12. The number of ketones is 1. The van der Waals surface area contributed by atoms with Crippen molar-refractivity contribution in [3.63, 3.8) is 0 Å². The number of amides is 1. The summed E-state index contributed by atoms with van der Waals surface area (Å²) in [5, 5.41) is 2.93. The zero-order chi connectivity index (χ0) is 21.1. The highest BCUT2D eigenvalue weighted by Gasteiger charge is 2.11. The van der Waals surface area contributed by atoms with Crippen LogP contribution in [-0.4, -0.2) is 22.4 Å². The minimum atomic E-state index is -0.145. The molecule has 1 aromatic heterocycles. The van der Waals surface area contributed by atoms with Crippen LogP contribution < -0.4 is 5.32 Å². The van der Waals surface area contributed by atoms with E-state index in [9.17, 15) is 9.59 Å². The number of hydrogen-bond donors (Lipinski definition) is 1. The van der Waals surface area contributed by atoms with Gasteiger partial charge in [-0.25, -0.2) is 4.98 Å². The molecule has 0 bridgehead atoms. The number of fused-ring (bicyclic) bond motifs is 1. The Morgan fingerprint density at radius 2 is 1.70 bits per heavy atom. The molecular weight excluding hydrogens is 480 g/mol. The van der Waals surface area contributed by atoms with Crippen LogP contribution in [0.3, 0.4) is 0 Å². The lowest BCUT2D eigenvalue weighted by Gasteiger charge is -2.05. The van der Waals surface area contributed by atoms with Crippen molar-refractivity contribution in [3.8, 4) is 0 Å². The molecule has 0 atom stereocenters. The van der Waals surface area contributed by atoms with E-state index in [1.165, 1.54) is 23.1 Å². The van der Waals surface area contributed by atoms with Gasteiger partial charge < -0.3 is 5.32 Å². The number of anilines is 1. The van der Waals surface area contributed by atoms with E-state index in [1.54, 1.807) is 0 Å². The van der Waals surface area contributed by atoms with Gasteiger partial charge in [-0.15, -0.1) is 11.3 Å². The highest BCUT2D eigenvalue weighted by molar-refractivity contribution is 9.10. The summed E-state index contributed by atoms with van der Waals surface area (Å²) >= 11 is 6.32. The number of nitrogens with zero attached hydrogens (tertiary/aromatic N) is 1. The van der Waals surface area contributed by atoms with E-state index in [2.05, 4.69) is 26.2 Å². The number of aromatic nitrogens is 1. The van der Waals surface area contributed by atoms with E-state index in [-0.39, 0.29) is 11.7 Å².